The maximum absolute atomic E-state index is 11.3. The van der Waals surface area contributed by atoms with Gasteiger partial charge in [0.05, 0.1) is 13.2 Å². The van der Waals surface area contributed by atoms with Gasteiger partial charge in [-0.15, -0.1) is 12.4 Å². The van der Waals surface area contributed by atoms with E-state index in [4.69, 9.17) is 15.2 Å². The van der Waals surface area contributed by atoms with Gasteiger partial charge in [0.25, 0.3) is 0 Å². The van der Waals surface area contributed by atoms with Gasteiger partial charge >= 0.3 is 5.97 Å². The van der Waals surface area contributed by atoms with Crippen molar-refractivity contribution in [1.29, 1.82) is 0 Å². The van der Waals surface area contributed by atoms with Crippen LogP contribution in [0.25, 0.3) is 0 Å². The molecule has 0 aromatic carbocycles. The molecule has 5 heteroatoms. The van der Waals surface area contributed by atoms with Crippen LogP contribution in [0.15, 0.2) is 0 Å². The van der Waals surface area contributed by atoms with Crippen molar-refractivity contribution in [2.24, 2.45) is 11.7 Å². The molecule has 0 saturated carbocycles. The van der Waals surface area contributed by atoms with E-state index in [1.165, 1.54) is 0 Å². The molecule has 1 unspecified atom stereocenters. The Morgan fingerprint density at radius 2 is 2.21 bits per heavy atom. The van der Waals surface area contributed by atoms with Crippen LogP contribution in [0.5, 0.6) is 0 Å². The van der Waals surface area contributed by atoms with Crippen LogP contribution in [0.2, 0.25) is 0 Å². The van der Waals surface area contributed by atoms with Gasteiger partial charge in [0, 0.05) is 6.42 Å². The van der Waals surface area contributed by atoms with Crippen LogP contribution in [0.1, 0.15) is 20.3 Å². The molecule has 0 bridgehead atoms. The number of rotatable bonds is 3. The summed E-state index contributed by atoms with van der Waals surface area (Å²) >= 11 is 0. The molecule has 1 heterocycles. The first-order valence-corrected chi connectivity index (χ1v) is 4.65. The second kappa shape index (κ2) is 6.22. The molecule has 0 aliphatic carbocycles. The lowest BCUT2D eigenvalue weighted by Gasteiger charge is -2.17. The summed E-state index contributed by atoms with van der Waals surface area (Å²) in [5.41, 5.74) is 5.62. The zero-order valence-electron chi connectivity index (χ0n) is 8.56. The summed E-state index contributed by atoms with van der Waals surface area (Å²) in [6, 6.07) is -0.513. The predicted molar refractivity (Wildman–Crippen MR) is 55.4 cm³/mol. The Kier molecular flexibility index (Phi) is 6.08. The van der Waals surface area contributed by atoms with Crippen LogP contribution in [0.4, 0.5) is 0 Å². The minimum absolute atomic E-state index is 0. The van der Waals surface area contributed by atoms with E-state index < -0.39 is 6.04 Å². The molecular formula is C9H18ClNO3. The molecule has 0 aromatic heterocycles. The van der Waals surface area contributed by atoms with Crippen molar-refractivity contribution in [2.45, 2.75) is 32.4 Å². The molecule has 14 heavy (non-hydrogen) atoms. The molecule has 1 rings (SSSR count). The summed E-state index contributed by atoms with van der Waals surface area (Å²) in [6.07, 6.45) is 0.702. The van der Waals surface area contributed by atoms with Gasteiger partial charge in [-0.05, 0) is 5.92 Å². The number of esters is 1. The van der Waals surface area contributed by atoms with E-state index in [0.717, 1.165) is 6.42 Å². The highest BCUT2D eigenvalue weighted by molar-refractivity contribution is 5.85. The first-order chi connectivity index (χ1) is 6.11. The van der Waals surface area contributed by atoms with Gasteiger partial charge in [-0.1, -0.05) is 13.8 Å². The van der Waals surface area contributed by atoms with Crippen molar-refractivity contribution in [3.05, 3.63) is 0 Å². The van der Waals surface area contributed by atoms with E-state index in [0.29, 0.717) is 13.2 Å². The number of halogens is 1. The predicted octanol–water partition coefficient (Wildman–Crippen LogP) is 0.724. The van der Waals surface area contributed by atoms with E-state index in [9.17, 15) is 4.79 Å². The van der Waals surface area contributed by atoms with E-state index in [-0.39, 0.29) is 30.4 Å². The third kappa shape index (κ3) is 3.82. The fraction of sp³-hybridized carbons (Fsp3) is 0.889. The third-order valence-corrected chi connectivity index (χ3v) is 2.16. The average molecular weight is 224 g/mol. The minimum Gasteiger partial charge on any atom is -0.459 e. The van der Waals surface area contributed by atoms with Gasteiger partial charge in [-0.25, -0.2) is 0 Å². The summed E-state index contributed by atoms with van der Waals surface area (Å²) in [5, 5.41) is 0. The summed E-state index contributed by atoms with van der Waals surface area (Å²) in [7, 11) is 0. The Balaban J connectivity index is 0.00000169. The molecule has 1 aliphatic rings. The van der Waals surface area contributed by atoms with E-state index in [2.05, 4.69) is 0 Å². The number of carbonyl (C=O) groups is 1. The molecule has 2 N–H and O–H groups in total. The monoisotopic (exact) mass is 223 g/mol. The molecule has 0 amide bonds. The van der Waals surface area contributed by atoms with Gasteiger partial charge in [-0.2, -0.15) is 0 Å². The van der Waals surface area contributed by atoms with Crippen molar-refractivity contribution < 1.29 is 14.3 Å². The zero-order valence-corrected chi connectivity index (χ0v) is 9.38. The standard InChI is InChI=1S/C9H17NO3.ClH/c1-6(2)8(10)9(11)13-7-3-4-12-5-7;/h6-8H,3-5,10H2,1-2H3;1H/t7?,8-;/m0./s1. The highest BCUT2D eigenvalue weighted by Gasteiger charge is 2.25. The molecule has 4 nitrogen and oxygen atoms in total. The molecule has 2 atom stereocenters. The molecule has 0 aromatic rings. The second-order valence-corrected chi connectivity index (χ2v) is 3.69. The summed E-state index contributed by atoms with van der Waals surface area (Å²) < 4.78 is 10.2. The Hall–Kier alpha value is -0.320. The number of carbonyl (C=O) groups excluding carboxylic acids is 1. The SMILES string of the molecule is CC(C)[C@H](N)C(=O)OC1CCOC1.Cl. The Labute approximate surface area is 90.5 Å². The lowest BCUT2D eigenvalue weighted by Crippen LogP contribution is -2.39. The normalized spacial score (nSPS) is 23.0. The third-order valence-electron chi connectivity index (χ3n) is 2.16. The first kappa shape index (κ1) is 13.7. The Bertz CT molecular complexity index is 181. The fourth-order valence-electron chi connectivity index (χ4n) is 1.12. The lowest BCUT2D eigenvalue weighted by molar-refractivity contribution is -0.151. The van der Waals surface area contributed by atoms with Crippen LogP contribution in [0, 0.1) is 5.92 Å². The molecule has 1 saturated heterocycles. The van der Waals surface area contributed by atoms with Crippen LogP contribution in [0.3, 0.4) is 0 Å². The van der Waals surface area contributed by atoms with Crippen molar-refractivity contribution in [3.8, 4) is 0 Å². The molecule has 1 aliphatic heterocycles. The van der Waals surface area contributed by atoms with Gasteiger partial charge in [0.1, 0.15) is 12.1 Å². The van der Waals surface area contributed by atoms with Gasteiger partial charge in [0.2, 0.25) is 0 Å². The second-order valence-electron chi connectivity index (χ2n) is 3.69. The van der Waals surface area contributed by atoms with Crippen molar-refractivity contribution in [2.75, 3.05) is 13.2 Å². The highest BCUT2D eigenvalue weighted by atomic mass is 35.5. The zero-order chi connectivity index (χ0) is 9.84. The number of hydrogen-bond acceptors (Lipinski definition) is 4. The van der Waals surface area contributed by atoms with Crippen LogP contribution >= 0.6 is 12.4 Å². The average Bonchev–Trinajstić information content (AvgIpc) is 2.55. The topological polar surface area (TPSA) is 61.6 Å². The van der Waals surface area contributed by atoms with Crippen molar-refractivity contribution >= 4 is 18.4 Å². The number of nitrogens with two attached hydrogens (primary N) is 1. The number of hydrogen-bond donors (Lipinski definition) is 1. The molecular weight excluding hydrogens is 206 g/mol. The van der Waals surface area contributed by atoms with E-state index >= 15 is 0 Å². The van der Waals surface area contributed by atoms with Crippen LogP contribution in [-0.2, 0) is 14.3 Å². The van der Waals surface area contributed by atoms with Crippen LogP contribution in [-0.4, -0.2) is 31.3 Å². The number of ether oxygens (including phenoxy) is 2. The quantitative estimate of drug-likeness (QED) is 0.717. The maximum atomic E-state index is 11.3. The largest absolute Gasteiger partial charge is 0.459 e. The van der Waals surface area contributed by atoms with Crippen molar-refractivity contribution in [3.63, 3.8) is 0 Å². The lowest BCUT2D eigenvalue weighted by atomic mass is 10.1. The van der Waals surface area contributed by atoms with Crippen LogP contribution < -0.4 is 5.73 Å². The van der Waals surface area contributed by atoms with Gasteiger partial charge in [0.15, 0.2) is 0 Å². The van der Waals surface area contributed by atoms with Gasteiger partial charge < -0.3 is 15.2 Å². The first-order valence-electron chi connectivity index (χ1n) is 4.65. The van der Waals surface area contributed by atoms with E-state index in [1.54, 1.807) is 0 Å². The maximum Gasteiger partial charge on any atom is 0.323 e. The van der Waals surface area contributed by atoms with E-state index in [1.807, 2.05) is 13.8 Å². The molecule has 1 fully saturated rings. The molecule has 0 spiro atoms. The van der Waals surface area contributed by atoms with Gasteiger partial charge in [-0.3, -0.25) is 4.79 Å². The fourth-order valence-corrected chi connectivity index (χ4v) is 1.12. The summed E-state index contributed by atoms with van der Waals surface area (Å²) in [4.78, 5) is 11.3. The van der Waals surface area contributed by atoms with Crippen molar-refractivity contribution in [1.82, 2.24) is 0 Å². The highest BCUT2D eigenvalue weighted by Crippen LogP contribution is 2.10. The Morgan fingerprint density at radius 1 is 1.57 bits per heavy atom. The molecule has 0 radical (unpaired) electrons. The minimum atomic E-state index is -0.513. The smallest absolute Gasteiger partial charge is 0.323 e. The summed E-state index contributed by atoms with van der Waals surface area (Å²) in [6.45, 7) is 4.99. The Morgan fingerprint density at radius 3 is 2.64 bits per heavy atom. The molecule has 84 valence electrons. The summed E-state index contributed by atoms with van der Waals surface area (Å²) in [5.74, 6) is -0.194.